The second kappa shape index (κ2) is 7.04. The van der Waals surface area contributed by atoms with E-state index in [0.29, 0.717) is 18.7 Å². The van der Waals surface area contributed by atoms with Crippen molar-refractivity contribution in [3.63, 3.8) is 0 Å². The number of nitrogens with one attached hydrogen (secondary N) is 1. The smallest absolute Gasteiger partial charge is 0.251 e. The van der Waals surface area contributed by atoms with Gasteiger partial charge in [-0.05, 0) is 24.3 Å². The maximum absolute atomic E-state index is 12.1. The largest absolute Gasteiger partial charge is 0.378 e. The van der Waals surface area contributed by atoms with Gasteiger partial charge in [0.15, 0.2) is 0 Å². The van der Waals surface area contributed by atoms with E-state index in [9.17, 15) is 4.79 Å². The molecule has 1 aliphatic rings. The van der Waals surface area contributed by atoms with Crippen molar-refractivity contribution in [3.05, 3.63) is 42.5 Å². The van der Waals surface area contributed by atoms with E-state index in [2.05, 4.69) is 20.4 Å². The second-order valence-electron chi connectivity index (χ2n) is 5.10. The van der Waals surface area contributed by atoms with Crippen molar-refractivity contribution in [2.75, 3.05) is 37.7 Å². The van der Waals surface area contributed by atoms with E-state index >= 15 is 0 Å². The molecule has 1 saturated heterocycles. The van der Waals surface area contributed by atoms with Crippen LogP contribution in [-0.2, 0) is 11.3 Å². The van der Waals surface area contributed by atoms with E-state index in [0.717, 1.165) is 32.0 Å². The van der Waals surface area contributed by atoms with Gasteiger partial charge in [-0.1, -0.05) is 0 Å². The van der Waals surface area contributed by atoms with Crippen molar-refractivity contribution < 1.29 is 9.53 Å². The average molecular weight is 301 g/mol. The molecule has 22 heavy (non-hydrogen) atoms. The first-order chi connectivity index (χ1) is 10.8. The van der Waals surface area contributed by atoms with Gasteiger partial charge in [0, 0.05) is 37.4 Å². The Morgan fingerprint density at radius 3 is 2.50 bits per heavy atom. The third kappa shape index (κ3) is 3.62. The number of morpholine rings is 1. The average Bonchev–Trinajstić information content (AvgIpc) is 3.09. The number of rotatable bonds is 5. The Labute approximate surface area is 128 Å². The number of hydrogen-bond donors (Lipinski definition) is 1. The predicted octanol–water partition coefficient (Wildman–Crippen LogP) is 0.545. The highest BCUT2D eigenvalue weighted by Crippen LogP contribution is 2.16. The lowest BCUT2D eigenvalue weighted by Crippen LogP contribution is -2.36. The molecule has 0 saturated carbocycles. The number of aromatic nitrogens is 3. The van der Waals surface area contributed by atoms with Crippen LogP contribution in [0.3, 0.4) is 0 Å². The lowest BCUT2D eigenvalue weighted by molar-refractivity contribution is 0.0952. The van der Waals surface area contributed by atoms with Gasteiger partial charge in [-0.2, -0.15) is 0 Å². The van der Waals surface area contributed by atoms with Crippen molar-refractivity contribution in [2.24, 2.45) is 0 Å². The van der Waals surface area contributed by atoms with Crippen molar-refractivity contribution in [1.82, 2.24) is 20.1 Å². The SMILES string of the molecule is O=C(NCCn1cnnc1)c1ccc(N2CCOCC2)cc1. The molecule has 0 radical (unpaired) electrons. The van der Waals surface area contributed by atoms with Gasteiger partial charge in [-0.25, -0.2) is 0 Å². The van der Waals surface area contributed by atoms with Gasteiger partial charge in [-0.15, -0.1) is 10.2 Å². The minimum Gasteiger partial charge on any atom is -0.378 e. The first-order valence-electron chi connectivity index (χ1n) is 7.36. The van der Waals surface area contributed by atoms with Crippen LogP contribution in [0.25, 0.3) is 0 Å². The molecule has 7 heteroatoms. The van der Waals surface area contributed by atoms with Gasteiger partial charge in [0.2, 0.25) is 0 Å². The summed E-state index contributed by atoms with van der Waals surface area (Å²) in [6, 6.07) is 7.69. The number of anilines is 1. The van der Waals surface area contributed by atoms with Crippen LogP contribution in [0.2, 0.25) is 0 Å². The summed E-state index contributed by atoms with van der Waals surface area (Å²) in [6.45, 7) is 4.50. The summed E-state index contributed by atoms with van der Waals surface area (Å²) < 4.78 is 7.16. The quantitative estimate of drug-likeness (QED) is 0.873. The Morgan fingerprint density at radius 1 is 1.14 bits per heavy atom. The molecular weight excluding hydrogens is 282 g/mol. The zero-order valence-electron chi connectivity index (χ0n) is 12.3. The van der Waals surface area contributed by atoms with E-state index in [4.69, 9.17) is 4.74 Å². The molecule has 1 aliphatic heterocycles. The highest BCUT2D eigenvalue weighted by molar-refractivity contribution is 5.94. The molecule has 0 atom stereocenters. The fourth-order valence-corrected chi connectivity index (χ4v) is 2.38. The van der Waals surface area contributed by atoms with E-state index in [-0.39, 0.29) is 5.91 Å². The zero-order chi connectivity index (χ0) is 15.2. The predicted molar refractivity (Wildman–Crippen MR) is 81.8 cm³/mol. The number of carbonyl (C=O) groups is 1. The second-order valence-corrected chi connectivity index (χ2v) is 5.10. The molecule has 0 spiro atoms. The van der Waals surface area contributed by atoms with Gasteiger partial charge in [0.25, 0.3) is 5.91 Å². The van der Waals surface area contributed by atoms with E-state index in [1.54, 1.807) is 12.7 Å². The van der Waals surface area contributed by atoms with Gasteiger partial charge < -0.3 is 19.5 Å². The zero-order valence-corrected chi connectivity index (χ0v) is 12.3. The van der Waals surface area contributed by atoms with E-state index in [1.165, 1.54) is 0 Å². The maximum Gasteiger partial charge on any atom is 0.251 e. The Morgan fingerprint density at radius 2 is 1.82 bits per heavy atom. The molecule has 116 valence electrons. The fourth-order valence-electron chi connectivity index (χ4n) is 2.38. The van der Waals surface area contributed by atoms with Crippen LogP contribution in [0.1, 0.15) is 10.4 Å². The Balaban J connectivity index is 1.51. The molecular formula is C15H19N5O2. The Hall–Kier alpha value is -2.41. The van der Waals surface area contributed by atoms with E-state index in [1.807, 2.05) is 28.8 Å². The first kappa shape index (κ1) is 14.5. The molecule has 3 rings (SSSR count). The molecule has 1 N–H and O–H groups in total. The summed E-state index contributed by atoms with van der Waals surface area (Å²) in [5.41, 5.74) is 1.80. The molecule has 0 aliphatic carbocycles. The monoisotopic (exact) mass is 301 g/mol. The minimum atomic E-state index is -0.0680. The fraction of sp³-hybridized carbons (Fsp3) is 0.400. The van der Waals surface area contributed by atoms with Crippen molar-refractivity contribution in [1.29, 1.82) is 0 Å². The standard InChI is InChI=1S/C15H19N5O2/c21-15(16-5-6-19-11-17-18-12-19)13-1-3-14(4-2-13)20-7-9-22-10-8-20/h1-4,11-12H,5-10H2,(H,16,21). The van der Waals surface area contributed by atoms with Crippen LogP contribution in [-0.4, -0.2) is 53.5 Å². The molecule has 1 aromatic heterocycles. The molecule has 7 nitrogen and oxygen atoms in total. The number of nitrogens with zero attached hydrogens (tertiary/aromatic N) is 4. The molecule has 0 unspecified atom stereocenters. The third-order valence-corrected chi connectivity index (χ3v) is 3.63. The summed E-state index contributed by atoms with van der Waals surface area (Å²) in [6.07, 6.45) is 3.26. The number of hydrogen-bond acceptors (Lipinski definition) is 5. The summed E-state index contributed by atoms with van der Waals surface area (Å²) in [7, 11) is 0. The molecule has 1 fully saturated rings. The number of benzene rings is 1. The molecule has 1 amide bonds. The topological polar surface area (TPSA) is 72.3 Å². The summed E-state index contributed by atoms with van der Waals surface area (Å²) in [5.74, 6) is -0.0680. The lowest BCUT2D eigenvalue weighted by Gasteiger charge is -2.28. The van der Waals surface area contributed by atoms with Crippen molar-refractivity contribution >= 4 is 11.6 Å². The minimum absolute atomic E-state index is 0.0680. The molecule has 0 bridgehead atoms. The maximum atomic E-state index is 12.1. The van der Waals surface area contributed by atoms with E-state index < -0.39 is 0 Å². The van der Waals surface area contributed by atoms with Gasteiger partial charge in [0.05, 0.1) is 13.2 Å². The van der Waals surface area contributed by atoms with Gasteiger partial charge in [0.1, 0.15) is 12.7 Å². The highest BCUT2D eigenvalue weighted by Gasteiger charge is 2.12. The Kier molecular flexibility index (Phi) is 4.65. The van der Waals surface area contributed by atoms with Crippen LogP contribution >= 0.6 is 0 Å². The molecule has 2 heterocycles. The number of amides is 1. The van der Waals surface area contributed by atoms with Crippen LogP contribution in [0.5, 0.6) is 0 Å². The summed E-state index contributed by atoms with van der Waals surface area (Å²) in [5, 5.41) is 10.3. The van der Waals surface area contributed by atoms with Crippen LogP contribution in [0.15, 0.2) is 36.9 Å². The van der Waals surface area contributed by atoms with Crippen molar-refractivity contribution in [2.45, 2.75) is 6.54 Å². The number of ether oxygens (including phenoxy) is 1. The summed E-state index contributed by atoms with van der Waals surface area (Å²) in [4.78, 5) is 14.3. The van der Waals surface area contributed by atoms with Crippen molar-refractivity contribution in [3.8, 4) is 0 Å². The number of carbonyl (C=O) groups excluding carboxylic acids is 1. The Bertz CT molecular complexity index is 591. The lowest BCUT2D eigenvalue weighted by atomic mass is 10.1. The highest BCUT2D eigenvalue weighted by atomic mass is 16.5. The normalized spacial score (nSPS) is 14.8. The van der Waals surface area contributed by atoms with Crippen LogP contribution in [0, 0.1) is 0 Å². The first-order valence-corrected chi connectivity index (χ1v) is 7.36. The summed E-state index contributed by atoms with van der Waals surface area (Å²) >= 11 is 0. The van der Waals surface area contributed by atoms with Crippen LogP contribution in [0.4, 0.5) is 5.69 Å². The molecule has 2 aromatic rings. The van der Waals surface area contributed by atoms with Gasteiger partial charge >= 0.3 is 0 Å². The molecule has 1 aromatic carbocycles. The van der Waals surface area contributed by atoms with Gasteiger partial charge in [-0.3, -0.25) is 4.79 Å². The van der Waals surface area contributed by atoms with Crippen LogP contribution < -0.4 is 10.2 Å². The third-order valence-electron chi connectivity index (χ3n) is 3.63.